The number of sulfonamides is 1. The Morgan fingerprint density at radius 3 is 2.26 bits per heavy atom. The fourth-order valence-corrected chi connectivity index (χ4v) is 9.72. The number of hydrogen-bond acceptors (Lipinski definition) is 6. The van der Waals surface area contributed by atoms with Crippen molar-refractivity contribution in [1.82, 2.24) is 19.1 Å². The minimum atomic E-state index is -3.73. The molecule has 2 saturated carbocycles. The quantitative estimate of drug-likeness (QED) is 0.290. The SMILES string of the molecule is CCCS(=O)(=O)NC(=O)c1ccc2c(C3CCCCC3)c(-c3ccc(OC)cc3)n(CC3(C(=O)N4C5CCC4CN(C)C5)CC3)c2c1. The van der Waals surface area contributed by atoms with Crippen LogP contribution in [0.5, 0.6) is 5.75 Å². The number of likely N-dealkylation sites (tertiary alicyclic amines) is 1. The highest BCUT2D eigenvalue weighted by Crippen LogP contribution is 2.53. The lowest BCUT2D eigenvalue weighted by molar-refractivity contribution is -0.143. The van der Waals surface area contributed by atoms with Crippen molar-refractivity contribution in [3.63, 3.8) is 0 Å². The first-order chi connectivity index (χ1) is 22.6. The maximum absolute atomic E-state index is 14.6. The molecule has 7 rings (SSSR count). The molecule has 3 aromatic rings. The third kappa shape index (κ3) is 6.07. The number of amides is 2. The maximum Gasteiger partial charge on any atom is 0.264 e. The van der Waals surface area contributed by atoms with Gasteiger partial charge in [0.25, 0.3) is 5.91 Å². The molecule has 0 radical (unpaired) electrons. The highest BCUT2D eigenvalue weighted by Gasteiger charge is 2.56. The number of methoxy groups -OCH3 is 1. The van der Waals surface area contributed by atoms with Crippen molar-refractivity contribution in [3.8, 4) is 17.0 Å². The molecule has 4 aliphatic rings. The summed E-state index contributed by atoms with van der Waals surface area (Å²) in [5.41, 5.74) is 4.14. The molecule has 2 bridgehead atoms. The summed E-state index contributed by atoms with van der Waals surface area (Å²) < 4.78 is 35.2. The van der Waals surface area contributed by atoms with Crippen molar-refractivity contribution in [1.29, 1.82) is 0 Å². The van der Waals surface area contributed by atoms with Crippen LogP contribution in [-0.4, -0.2) is 79.7 Å². The van der Waals surface area contributed by atoms with E-state index in [0.717, 1.165) is 79.5 Å². The van der Waals surface area contributed by atoms with Gasteiger partial charge in [0.1, 0.15) is 5.75 Å². The number of nitrogens with zero attached hydrogens (tertiary/aromatic N) is 3. The smallest absolute Gasteiger partial charge is 0.264 e. The molecule has 2 aliphatic carbocycles. The third-order valence-electron chi connectivity index (χ3n) is 11.1. The van der Waals surface area contributed by atoms with Crippen molar-refractivity contribution >= 4 is 32.7 Å². The van der Waals surface area contributed by atoms with E-state index >= 15 is 0 Å². The Bertz CT molecular complexity index is 1760. The van der Waals surface area contributed by atoms with Crippen LogP contribution in [0, 0.1) is 5.41 Å². The summed E-state index contributed by atoms with van der Waals surface area (Å²) in [5.74, 6) is 0.684. The monoisotopic (exact) mass is 660 g/mol. The summed E-state index contributed by atoms with van der Waals surface area (Å²) in [4.78, 5) is 32.5. The number of fused-ring (bicyclic) bond motifs is 3. The van der Waals surface area contributed by atoms with Crippen LogP contribution < -0.4 is 9.46 Å². The Hall–Kier alpha value is -3.37. The zero-order valence-corrected chi connectivity index (χ0v) is 28.8. The number of likely N-dealkylation sites (N-methyl/N-ethyl adjacent to an activating group) is 1. The minimum absolute atomic E-state index is 0.107. The lowest BCUT2D eigenvalue weighted by Crippen LogP contribution is -2.56. The van der Waals surface area contributed by atoms with E-state index in [0.29, 0.717) is 24.4 Å². The second kappa shape index (κ2) is 12.6. The van der Waals surface area contributed by atoms with Gasteiger partial charge in [-0.2, -0.15) is 0 Å². The normalized spacial score (nSPS) is 22.8. The molecule has 47 heavy (non-hydrogen) atoms. The summed E-state index contributed by atoms with van der Waals surface area (Å²) in [5, 5.41) is 1.08. The average Bonchev–Trinajstić information content (AvgIpc) is 3.71. The van der Waals surface area contributed by atoms with Gasteiger partial charge in [0.15, 0.2) is 0 Å². The molecule has 2 aliphatic heterocycles. The number of carbonyl (C=O) groups excluding carboxylic acids is 2. The summed E-state index contributed by atoms with van der Waals surface area (Å²) in [6.45, 7) is 4.15. The van der Waals surface area contributed by atoms with Crippen LogP contribution in [0.25, 0.3) is 22.2 Å². The molecule has 4 fully saturated rings. The molecule has 252 valence electrons. The topological polar surface area (TPSA) is 101 Å². The predicted molar refractivity (Wildman–Crippen MR) is 184 cm³/mol. The number of ether oxygens (including phenoxy) is 1. The average molecular weight is 661 g/mol. The van der Waals surface area contributed by atoms with E-state index in [2.05, 4.69) is 38.3 Å². The van der Waals surface area contributed by atoms with Gasteiger partial charge in [-0.25, -0.2) is 13.1 Å². The molecule has 2 unspecified atom stereocenters. The number of benzene rings is 2. The molecule has 2 amide bonds. The Morgan fingerprint density at radius 2 is 1.64 bits per heavy atom. The number of carbonyl (C=O) groups is 2. The molecule has 1 aromatic heterocycles. The molecule has 3 heterocycles. The minimum Gasteiger partial charge on any atom is -0.497 e. The summed E-state index contributed by atoms with van der Waals surface area (Å²) >= 11 is 0. The third-order valence-corrected chi connectivity index (χ3v) is 12.6. The molecular formula is C37H48N4O5S. The standard InChI is InChI=1S/C37H48N4O5S/c1-4-20-47(44,45)38-35(42)27-12-17-31-32(21-27)40(24-37(18-19-37)36(43)41-28-13-14-29(41)23-39(2)22-28)34(26-10-15-30(46-3)16-11-26)33(31)25-8-6-5-7-9-25/h10-12,15-17,21,25,28-29H,4-9,13-14,18-20,22-24H2,1-3H3,(H,38,42). The first-order valence-electron chi connectivity index (χ1n) is 17.5. The van der Waals surface area contributed by atoms with Gasteiger partial charge in [-0.3, -0.25) is 9.59 Å². The van der Waals surface area contributed by atoms with Crippen LogP contribution in [0.3, 0.4) is 0 Å². The zero-order chi connectivity index (χ0) is 32.9. The number of nitrogens with one attached hydrogen (secondary N) is 1. The molecule has 0 spiro atoms. The van der Waals surface area contributed by atoms with Crippen LogP contribution in [0.2, 0.25) is 0 Å². The lowest BCUT2D eigenvalue weighted by Gasteiger charge is -2.41. The Labute approximate surface area is 278 Å². The van der Waals surface area contributed by atoms with E-state index in [1.807, 2.05) is 24.3 Å². The van der Waals surface area contributed by atoms with Crippen molar-refractivity contribution in [2.75, 3.05) is 33.0 Å². The summed E-state index contributed by atoms with van der Waals surface area (Å²) in [6.07, 6.45) is 9.98. The first kappa shape index (κ1) is 32.2. The van der Waals surface area contributed by atoms with Crippen LogP contribution in [-0.2, 0) is 21.4 Å². The number of piperazine rings is 1. The second-order valence-corrected chi connectivity index (χ2v) is 16.3. The van der Waals surface area contributed by atoms with Crippen molar-refractivity contribution < 1.29 is 22.7 Å². The van der Waals surface area contributed by atoms with Crippen LogP contribution in [0.1, 0.15) is 93.0 Å². The van der Waals surface area contributed by atoms with Gasteiger partial charge in [-0.15, -0.1) is 0 Å². The number of rotatable bonds is 10. The molecule has 10 heteroatoms. The maximum atomic E-state index is 14.6. The van der Waals surface area contributed by atoms with E-state index in [1.165, 1.54) is 24.8 Å². The predicted octanol–water partition coefficient (Wildman–Crippen LogP) is 5.92. The number of aromatic nitrogens is 1. The molecule has 9 nitrogen and oxygen atoms in total. The molecular weight excluding hydrogens is 612 g/mol. The molecule has 2 aromatic carbocycles. The van der Waals surface area contributed by atoms with Gasteiger partial charge < -0.3 is 19.1 Å². The molecule has 2 atom stereocenters. The second-order valence-electron chi connectivity index (χ2n) is 14.5. The van der Waals surface area contributed by atoms with Gasteiger partial charge >= 0.3 is 0 Å². The largest absolute Gasteiger partial charge is 0.497 e. The van der Waals surface area contributed by atoms with Crippen molar-refractivity contribution in [2.24, 2.45) is 5.41 Å². The molecule has 2 saturated heterocycles. The van der Waals surface area contributed by atoms with Gasteiger partial charge in [-0.05, 0) is 105 Å². The van der Waals surface area contributed by atoms with E-state index < -0.39 is 21.3 Å². The highest BCUT2D eigenvalue weighted by atomic mass is 32.2. The Balaban J connectivity index is 1.37. The Morgan fingerprint density at radius 1 is 0.957 bits per heavy atom. The van der Waals surface area contributed by atoms with E-state index in [4.69, 9.17) is 4.74 Å². The first-order valence-corrected chi connectivity index (χ1v) is 19.1. The lowest BCUT2D eigenvalue weighted by atomic mass is 9.81. The zero-order valence-electron chi connectivity index (χ0n) is 28.0. The van der Waals surface area contributed by atoms with Crippen molar-refractivity contribution in [2.45, 2.75) is 95.7 Å². The summed E-state index contributed by atoms with van der Waals surface area (Å²) in [6, 6.07) is 14.3. The van der Waals surface area contributed by atoms with Gasteiger partial charge in [-0.1, -0.05) is 32.3 Å². The number of hydrogen-bond donors (Lipinski definition) is 1. The highest BCUT2D eigenvalue weighted by molar-refractivity contribution is 7.90. The van der Waals surface area contributed by atoms with E-state index in [1.54, 1.807) is 20.1 Å². The van der Waals surface area contributed by atoms with Gasteiger partial charge in [0.2, 0.25) is 15.9 Å². The van der Waals surface area contributed by atoms with Crippen LogP contribution >= 0.6 is 0 Å². The van der Waals surface area contributed by atoms with Crippen molar-refractivity contribution in [3.05, 3.63) is 53.6 Å². The van der Waals surface area contributed by atoms with Gasteiger partial charge in [0.05, 0.1) is 24.0 Å². The van der Waals surface area contributed by atoms with Gasteiger partial charge in [0, 0.05) is 48.2 Å². The Kier molecular flexibility index (Phi) is 8.62. The van der Waals surface area contributed by atoms with Crippen LogP contribution in [0.15, 0.2) is 42.5 Å². The van der Waals surface area contributed by atoms with E-state index in [9.17, 15) is 18.0 Å². The molecule has 1 N–H and O–H groups in total. The fraction of sp³-hybridized carbons (Fsp3) is 0.568. The van der Waals surface area contributed by atoms with E-state index in [-0.39, 0.29) is 23.7 Å². The summed E-state index contributed by atoms with van der Waals surface area (Å²) in [7, 11) is 0.0863. The van der Waals surface area contributed by atoms with Crippen LogP contribution in [0.4, 0.5) is 0 Å². The fourth-order valence-electron chi connectivity index (χ4n) is 8.68.